The molecule has 0 saturated heterocycles. The summed E-state index contributed by atoms with van der Waals surface area (Å²) in [5, 5.41) is 9.92. The Kier molecular flexibility index (Phi) is 6.91. The maximum absolute atomic E-state index is 9.92. The van der Waals surface area contributed by atoms with Gasteiger partial charge in [-0.2, -0.15) is 0 Å². The van der Waals surface area contributed by atoms with Gasteiger partial charge in [0.2, 0.25) is 5.88 Å². The Morgan fingerprint density at radius 3 is 2.52 bits per heavy atom. The Labute approximate surface area is 173 Å². The number of aromatic nitrogens is 3. The van der Waals surface area contributed by atoms with E-state index in [0.29, 0.717) is 12.5 Å². The van der Waals surface area contributed by atoms with E-state index in [2.05, 4.69) is 50.6 Å². The van der Waals surface area contributed by atoms with Gasteiger partial charge in [0.15, 0.2) is 0 Å². The molecule has 0 fully saturated rings. The molecule has 1 atom stereocenters. The van der Waals surface area contributed by atoms with Gasteiger partial charge in [-0.1, -0.05) is 27.2 Å². The summed E-state index contributed by atoms with van der Waals surface area (Å²) in [7, 11) is 0. The van der Waals surface area contributed by atoms with Gasteiger partial charge in [-0.05, 0) is 56.4 Å². The number of aliphatic hydroxyl groups excluding tert-OH is 1. The van der Waals surface area contributed by atoms with E-state index in [9.17, 15) is 5.11 Å². The minimum atomic E-state index is 0.0897. The van der Waals surface area contributed by atoms with E-state index >= 15 is 0 Å². The highest BCUT2D eigenvalue weighted by Gasteiger charge is 2.19. The minimum Gasteiger partial charge on any atom is -0.478 e. The molecule has 0 bridgehead atoms. The van der Waals surface area contributed by atoms with Crippen LogP contribution in [0.3, 0.4) is 0 Å². The number of rotatable bonds is 9. The Hall–Kier alpha value is -2.40. The first-order valence-electron chi connectivity index (χ1n) is 10.8. The quantitative estimate of drug-likeness (QED) is 0.537. The topological polar surface area (TPSA) is 60.2 Å². The Morgan fingerprint density at radius 2 is 1.90 bits per heavy atom. The van der Waals surface area contributed by atoms with Crippen molar-refractivity contribution >= 4 is 11.0 Å². The van der Waals surface area contributed by atoms with Crippen LogP contribution in [0.4, 0.5) is 0 Å². The molecule has 0 amide bonds. The minimum absolute atomic E-state index is 0.0897. The van der Waals surface area contributed by atoms with Crippen LogP contribution in [0, 0.1) is 6.92 Å². The van der Waals surface area contributed by atoms with Gasteiger partial charge >= 0.3 is 0 Å². The van der Waals surface area contributed by atoms with Crippen LogP contribution in [-0.4, -0.2) is 32.9 Å². The van der Waals surface area contributed by atoms with Gasteiger partial charge < -0.3 is 14.4 Å². The molecule has 3 heterocycles. The zero-order valence-corrected chi connectivity index (χ0v) is 18.3. The molecule has 3 aromatic heterocycles. The molecular weight excluding hydrogens is 362 g/mol. The molecule has 0 unspecified atom stereocenters. The lowest BCUT2D eigenvalue weighted by Crippen LogP contribution is -2.12. The molecule has 3 aromatic rings. The van der Waals surface area contributed by atoms with Crippen molar-refractivity contribution in [3.8, 4) is 17.1 Å². The first-order chi connectivity index (χ1) is 14.1. The number of pyridine rings is 2. The molecule has 0 aliphatic rings. The zero-order valence-electron chi connectivity index (χ0n) is 18.3. The predicted octanol–water partition coefficient (Wildman–Crippen LogP) is 5.26. The highest BCUT2D eigenvalue weighted by Crippen LogP contribution is 2.33. The van der Waals surface area contributed by atoms with Gasteiger partial charge in [-0.3, -0.25) is 0 Å². The summed E-state index contributed by atoms with van der Waals surface area (Å²) in [6, 6.07) is 6.36. The van der Waals surface area contributed by atoms with Crippen LogP contribution >= 0.6 is 0 Å². The van der Waals surface area contributed by atoms with E-state index < -0.39 is 0 Å². The molecule has 1 N–H and O–H groups in total. The molecular formula is C24H33N3O2. The largest absolute Gasteiger partial charge is 0.478 e. The number of aryl methyl sites for hydroxylation is 3. The molecule has 0 radical (unpaired) electrons. The molecule has 5 nitrogen and oxygen atoms in total. The van der Waals surface area contributed by atoms with Gasteiger partial charge in [0, 0.05) is 17.8 Å². The molecule has 0 aliphatic heterocycles. The average Bonchev–Trinajstić information content (AvgIpc) is 3.06. The number of aliphatic hydroxyl groups is 1. The van der Waals surface area contributed by atoms with Crippen molar-refractivity contribution in [3.05, 3.63) is 41.2 Å². The smallest absolute Gasteiger partial charge is 0.213 e. The van der Waals surface area contributed by atoms with Crippen molar-refractivity contribution in [1.82, 2.24) is 14.5 Å². The number of nitrogens with zero attached hydrogens (tertiary/aromatic N) is 3. The van der Waals surface area contributed by atoms with Crippen molar-refractivity contribution in [3.63, 3.8) is 0 Å². The second-order valence-corrected chi connectivity index (χ2v) is 7.49. The Balaban J connectivity index is 2.19. The fraction of sp³-hybridized carbons (Fsp3) is 0.500. The average molecular weight is 396 g/mol. The third-order valence-electron chi connectivity index (χ3n) is 5.50. The molecule has 0 aliphatic carbocycles. The Morgan fingerprint density at radius 1 is 1.10 bits per heavy atom. The third-order valence-corrected chi connectivity index (χ3v) is 5.50. The molecule has 0 spiro atoms. The van der Waals surface area contributed by atoms with Crippen LogP contribution in [0.2, 0.25) is 0 Å². The molecule has 29 heavy (non-hydrogen) atoms. The van der Waals surface area contributed by atoms with Crippen LogP contribution in [0.5, 0.6) is 5.88 Å². The molecule has 0 saturated carbocycles. The van der Waals surface area contributed by atoms with Crippen molar-refractivity contribution in [2.45, 2.75) is 66.3 Å². The van der Waals surface area contributed by atoms with Crippen LogP contribution in [-0.2, 0) is 12.8 Å². The molecule has 156 valence electrons. The first-order valence-corrected chi connectivity index (χ1v) is 10.8. The van der Waals surface area contributed by atoms with Gasteiger partial charge in [-0.25, -0.2) is 9.97 Å². The first kappa shape index (κ1) is 21.3. The van der Waals surface area contributed by atoms with Crippen LogP contribution < -0.4 is 4.74 Å². The summed E-state index contributed by atoms with van der Waals surface area (Å²) in [6.07, 6.45) is 5.83. The van der Waals surface area contributed by atoms with Crippen molar-refractivity contribution in [2.75, 3.05) is 13.2 Å². The van der Waals surface area contributed by atoms with E-state index in [1.165, 1.54) is 5.56 Å². The van der Waals surface area contributed by atoms with E-state index in [-0.39, 0.29) is 12.6 Å². The lowest BCUT2D eigenvalue weighted by molar-refractivity contribution is 0.223. The highest BCUT2D eigenvalue weighted by atomic mass is 16.5. The lowest BCUT2D eigenvalue weighted by Gasteiger charge is -2.18. The molecule has 0 aromatic carbocycles. The van der Waals surface area contributed by atoms with Gasteiger partial charge in [0.05, 0.1) is 41.7 Å². The fourth-order valence-electron chi connectivity index (χ4n) is 4.02. The molecule has 5 heteroatoms. The van der Waals surface area contributed by atoms with E-state index in [1.807, 2.05) is 13.0 Å². The van der Waals surface area contributed by atoms with E-state index in [1.54, 1.807) is 0 Å². The number of hydrogen-bond donors (Lipinski definition) is 1. The van der Waals surface area contributed by atoms with Crippen molar-refractivity contribution < 1.29 is 9.84 Å². The van der Waals surface area contributed by atoms with Gasteiger partial charge in [-0.15, -0.1) is 0 Å². The highest BCUT2D eigenvalue weighted by molar-refractivity contribution is 5.84. The Bertz CT molecular complexity index is 978. The summed E-state index contributed by atoms with van der Waals surface area (Å²) in [5.74, 6) is 0.667. The summed E-state index contributed by atoms with van der Waals surface area (Å²) in [6.45, 7) is 11.2. The van der Waals surface area contributed by atoms with E-state index in [4.69, 9.17) is 14.7 Å². The summed E-state index contributed by atoms with van der Waals surface area (Å²) in [4.78, 5) is 9.82. The van der Waals surface area contributed by atoms with Crippen molar-refractivity contribution in [1.29, 1.82) is 0 Å². The van der Waals surface area contributed by atoms with E-state index in [0.717, 1.165) is 59.2 Å². The second-order valence-electron chi connectivity index (χ2n) is 7.49. The van der Waals surface area contributed by atoms with Crippen LogP contribution in [0.15, 0.2) is 24.4 Å². The number of ether oxygens (including phenoxy) is 1. The fourth-order valence-corrected chi connectivity index (χ4v) is 4.02. The standard InChI is InChI=1S/C24H33N3O2/c1-6-10-18(15-28)27-14-16(5)23-21(27)13-17(7-2)24(26-23)19-11-12-22(29-9-4)25-20(19)8-3/h11-14,18,28H,6-10,15H2,1-5H3/t18-/m1/s1. The maximum atomic E-state index is 9.92. The summed E-state index contributed by atoms with van der Waals surface area (Å²) < 4.78 is 7.80. The molecule has 3 rings (SSSR count). The monoisotopic (exact) mass is 395 g/mol. The third kappa shape index (κ3) is 4.15. The maximum Gasteiger partial charge on any atom is 0.213 e. The zero-order chi connectivity index (χ0) is 21.0. The van der Waals surface area contributed by atoms with Crippen LogP contribution in [0.25, 0.3) is 22.3 Å². The normalized spacial score (nSPS) is 12.5. The predicted molar refractivity (Wildman–Crippen MR) is 119 cm³/mol. The SMILES string of the molecule is CCC[C@H](CO)n1cc(C)c2nc(-c3ccc(OCC)nc3CC)c(CC)cc21. The second kappa shape index (κ2) is 9.40. The number of fused-ring (bicyclic) bond motifs is 1. The van der Waals surface area contributed by atoms with Crippen LogP contribution in [0.1, 0.15) is 63.4 Å². The summed E-state index contributed by atoms with van der Waals surface area (Å²) in [5.41, 5.74) is 7.53. The number of hydrogen-bond acceptors (Lipinski definition) is 4. The van der Waals surface area contributed by atoms with Gasteiger partial charge in [0.1, 0.15) is 0 Å². The lowest BCUT2D eigenvalue weighted by atomic mass is 10.0. The summed E-state index contributed by atoms with van der Waals surface area (Å²) >= 11 is 0. The van der Waals surface area contributed by atoms with Crippen molar-refractivity contribution in [2.24, 2.45) is 0 Å². The van der Waals surface area contributed by atoms with Gasteiger partial charge in [0.25, 0.3) is 0 Å².